The smallest absolute Gasteiger partial charge is 0.243 e. The normalized spacial score (nSPS) is 12.0. The molecule has 0 saturated carbocycles. The maximum Gasteiger partial charge on any atom is 0.243 e. The predicted molar refractivity (Wildman–Crippen MR) is 77.4 cm³/mol. The molecule has 0 aliphatic heterocycles. The fourth-order valence-corrected chi connectivity index (χ4v) is 2.40. The number of primary amides is 1. The lowest BCUT2D eigenvalue weighted by Gasteiger charge is -2.25. The van der Waals surface area contributed by atoms with E-state index in [9.17, 15) is 4.79 Å². The third kappa shape index (κ3) is 2.32. The molecule has 0 spiro atoms. The van der Waals surface area contributed by atoms with E-state index in [2.05, 4.69) is 4.98 Å². The van der Waals surface area contributed by atoms with Crippen LogP contribution in [0.1, 0.15) is 25.2 Å². The highest BCUT2D eigenvalue weighted by atomic mass is 35.5. The number of nitrogens with two attached hydrogens (primary N) is 1. The van der Waals surface area contributed by atoms with Gasteiger partial charge in [0.1, 0.15) is 11.4 Å². The molecule has 1 aromatic carbocycles. The van der Waals surface area contributed by atoms with Gasteiger partial charge in [0.05, 0.1) is 11.0 Å². The Morgan fingerprint density at radius 2 is 2.16 bits per heavy atom. The summed E-state index contributed by atoms with van der Waals surface area (Å²) in [7, 11) is 0. The Labute approximate surface area is 117 Å². The summed E-state index contributed by atoms with van der Waals surface area (Å²) in [6.45, 7) is 5.61. The van der Waals surface area contributed by atoms with Crippen molar-refractivity contribution in [2.45, 2.75) is 32.7 Å². The van der Waals surface area contributed by atoms with Crippen LogP contribution in [0.25, 0.3) is 11.0 Å². The van der Waals surface area contributed by atoms with E-state index in [0.717, 1.165) is 22.4 Å². The van der Waals surface area contributed by atoms with E-state index in [1.807, 2.05) is 29.7 Å². The molecular formula is C14H18ClN3O. The van der Waals surface area contributed by atoms with Gasteiger partial charge in [0, 0.05) is 12.3 Å². The molecule has 2 rings (SSSR count). The molecule has 0 fully saturated rings. The lowest BCUT2D eigenvalue weighted by atomic mass is 10.0. The highest BCUT2D eigenvalue weighted by Gasteiger charge is 2.31. The third-order valence-corrected chi connectivity index (χ3v) is 3.55. The Balaban J connectivity index is 2.75. The van der Waals surface area contributed by atoms with Crippen molar-refractivity contribution in [1.82, 2.24) is 9.55 Å². The molecule has 0 aliphatic rings. The number of hydrogen-bond donors (Lipinski definition) is 1. The average Bonchev–Trinajstić information content (AvgIpc) is 2.66. The molecule has 1 heterocycles. The number of carbonyl (C=O) groups is 1. The van der Waals surface area contributed by atoms with E-state index >= 15 is 0 Å². The first-order valence-corrected chi connectivity index (χ1v) is 6.75. The number of fused-ring (bicyclic) bond motifs is 1. The summed E-state index contributed by atoms with van der Waals surface area (Å²) in [5.74, 6) is 0.861. The fraction of sp³-hybridized carbons (Fsp3) is 0.429. The largest absolute Gasteiger partial charge is 0.368 e. The number of halogens is 1. The van der Waals surface area contributed by atoms with E-state index in [-0.39, 0.29) is 5.91 Å². The molecule has 0 aliphatic carbocycles. The molecule has 0 radical (unpaired) electrons. The number of hydrogen-bond acceptors (Lipinski definition) is 2. The molecular weight excluding hydrogens is 262 g/mol. The lowest BCUT2D eigenvalue weighted by Crippen LogP contribution is -2.42. The monoisotopic (exact) mass is 279 g/mol. The number of imidazole rings is 1. The first kappa shape index (κ1) is 13.9. The van der Waals surface area contributed by atoms with Crippen LogP contribution in [0.4, 0.5) is 0 Å². The first-order chi connectivity index (χ1) is 8.87. The fourth-order valence-electron chi connectivity index (χ4n) is 2.23. The molecule has 19 heavy (non-hydrogen) atoms. The van der Waals surface area contributed by atoms with Crippen LogP contribution < -0.4 is 5.73 Å². The maximum absolute atomic E-state index is 11.7. The van der Waals surface area contributed by atoms with Gasteiger partial charge >= 0.3 is 0 Å². The van der Waals surface area contributed by atoms with Crippen molar-refractivity contribution in [2.75, 3.05) is 5.88 Å². The summed E-state index contributed by atoms with van der Waals surface area (Å²) in [5, 5.41) is 0. The zero-order chi connectivity index (χ0) is 14.2. The zero-order valence-electron chi connectivity index (χ0n) is 11.4. The van der Waals surface area contributed by atoms with E-state index in [1.54, 1.807) is 13.8 Å². The van der Waals surface area contributed by atoms with Gasteiger partial charge in [0.15, 0.2) is 0 Å². The Hall–Kier alpha value is -1.55. The predicted octanol–water partition coefficient (Wildman–Crippen LogP) is 2.35. The number of aromatic nitrogens is 2. The minimum absolute atomic E-state index is 0.386. The zero-order valence-corrected chi connectivity index (χ0v) is 12.2. The second-order valence-corrected chi connectivity index (χ2v) is 5.60. The summed E-state index contributed by atoms with van der Waals surface area (Å²) >= 11 is 5.83. The van der Waals surface area contributed by atoms with Crippen LogP contribution in [0.5, 0.6) is 0 Å². The minimum atomic E-state index is -0.828. The third-order valence-electron chi connectivity index (χ3n) is 3.36. The average molecular weight is 280 g/mol. The molecule has 0 bridgehead atoms. The van der Waals surface area contributed by atoms with Gasteiger partial charge in [-0.05, 0) is 38.5 Å². The van der Waals surface area contributed by atoms with Gasteiger partial charge in [0.2, 0.25) is 5.91 Å². The highest BCUT2D eigenvalue weighted by Crippen LogP contribution is 2.26. The first-order valence-electron chi connectivity index (χ1n) is 6.22. The number of carbonyl (C=O) groups excluding carboxylic acids is 1. The molecule has 1 amide bonds. The summed E-state index contributed by atoms with van der Waals surface area (Å²) in [5.41, 5.74) is 7.61. The number of benzene rings is 1. The van der Waals surface area contributed by atoms with Crippen molar-refractivity contribution >= 4 is 28.5 Å². The topological polar surface area (TPSA) is 60.9 Å². The Morgan fingerprint density at radius 3 is 2.74 bits per heavy atom. The van der Waals surface area contributed by atoms with Crippen LogP contribution in [0.3, 0.4) is 0 Å². The Bertz CT molecular complexity index is 631. The van der Waals surface area contributed by atoms with Gasteiger partial charge < -0.3 is 10.3 Å². The van der Waals surface area contributed by atoms with Crippen molar-refractivity contribution in [3.63, 3.8) is 0 Å². The molecule has 102 valence electrons. The van der Waals surface area contributed by atoms with Crippen LogP contribution in [-0.4, -0.2) is 21.3 Å². The number of aryl methyl sites for hydroxylation is 2. The number of nitrogens with zero attached hydrogens (tertiary/aromatic N) is 2. The van der Waals surface area contributed by atoms with Crippen molar-refractivity contribution < 1.29 is 4.79 Å². The Morgan fingerprint density at radius 1 is 1.47 bits per heavy atom. The van der Waals surface area contributed by atoms with E-state index in [4.69, 9.17) is 17.3 Å². The molecule has 0 unspecified atom stereocenters. The van der Waals surface area contributed by atoms with Crippen LogP contribution >= 0.6 is 11.6 Å². The van der Waals surface area contributed by atoms with Crippen LogP contribution in [0.15, 0.2) is 18.2 Å². The molecule has 0 atom stereocenters. The van der Waals surface area contributed by atoms with Crippen LogP contribution in [0.2, 0.25) is 0 Å². The lowest BCUT2D eigenvalue weighted by molar-refractivity contribution is -0.125. The van der Waals surface area contributed by atoms with Gasteiger partial charge in [-0.2, -0.15) is 0 Å². The van der Waals surface area contributed by atoms with Gasteiger partial charge in [-0.25, -0.2) is 4.98 Å². The van der Waals surface area contributed by atoms with Gasteiger partial charge in [-0.1, -0.05) is 6.07 Å². The van der Waals surface area contributed by atoms with Crippen molar-refractivity contribution in [2.24, 2.45) is 5.73 Å². The van der Waals surface area contributed by atoms with E-state index in [0.29, 0.717) is 12.3 Å². The SMILES string of the molecule is Cc1ccc2c(c1)nc(CCCl)n2C(C)(C)C(N)=O. The van der Waals surface area contributed by atoms with Crippen LogP contribution in [-0.2, 0) is 16.8 Å². The second-order valence-electron chi connectivity index (χ2n) is 5.22. The maximum atomic E-state index is 11.7. The molecule has 2 N–H and O–H groups in total. The summed E-state index contributed by atoms with van der Waals surface area (Å²) in [6.07, 6.45) is 0.603. The van der Waals surface area contributed by atoms with E-state index in [1.165, 1.54) is 0 Å². The molecule has 1 aromatic heterocycles. The molecule has 5 heteroatoms. The summed E-state index contributed by atoms with van der Waals surface area (Å²) in [4.78, 5) is 16.3. The summed E-state index contributed by atoms with van der Waals surface area (Å²) in [6, 6.07) is 5.97. The van der Waals surface area contributed by atoms with Gasteiger partial charge in [0.25, 0.3) is 0 Å². The molecule has 0 saturated heterocycles. The summed E-state index contributed by atoms with van der Waals surface area (Å²) < 4.78 is 1.90. The van der Waals surface area contributed by atoms with Crippen molar-refractivity contribution in [3.8, 4) is 0 Å². The standard InChI is InChI=1S/C14H18ClN3O/c1-9-4-5-11-10(8-9)17-12(6-7-15)18(11)14(2,3)13(16)19/h4-5,8H,6-7H2,1-3H3,(H2,16,19). The minimum Gasteiger partial charge on any atom is -0.368 e. The van der Waals surface area contributed by atoms with E-state index < -0.39 is 5.54 Å². The van der Waals surface area contributed by atoms with Gasteiger partial charge in [-0.3, -0.25) is 4.79 Å². The highest BCUT2D eigenvalue weighted by molar-refractivity contribution is 6.17. The van der Waals surface area contributed by atoms with Crippen molar-refractivity contribution in [1.29, 1.82) is 0 Å². The van der Waals surface area contributed by atoms with Gasteiger partial charge in [-0.15, -0.1) is 11.6 Å². The van der Waals surface area contributed by atoms with Crippen LogP contribution in [0, 0.1) is 6.92 Å². The van der Waals surface area contributed by atoms with Crippen molar-refractivity contribution in [3.05, 3.63) is 29.6 Å². The molecule has 4 nitrogen and oxygen atoms in total. The second kappa shape index (κ2) is 4.85. The Kier molecular flexibility index (Phi) is 3.54. The quantitative estimate of drug-likeness (QED) is 0.873. The molecule has 2 aromatic rings. The number of alkyl halides is 1. The number of amides is 1. The number of rotatable bonds is 4.